The van der Waals surface area contributed by atoms with Crippen molar-refractivity contribution in [2.45, 2.75) is 31.3 Å². The molecule has 0 spiro atoms. The molecule has 0 fully saturated rings. The van der Waals surface area contributed by atoms with Crippen LogP contribution in [-0.4, -0.2) is 35.5 Å². The fraction of sp³-hybridized carbons (Fsp3) is 0.556. The van der Waals surface area contributed by atoms with Crippen molar-refractivity contribution < 1.29 is 18.3 Å². The summed E-state index contributed by atoms with van der Waals surface area (Å²) in [5.41, 5.74) is 0.252. The van der Waals surface area contributed by atoms with Gasteiger partial charge in [-0.15, -0.1) is 0 Å². The van der Waals surface area contributed by atoms with E-state index in [1.54, 1.807) is 13.8 Å². The largest absolute Gasteiger partial charge is 0.481 e. The lowest BCUT2D eigenvalue weighted by Crippen LogP contribution is -2.11. The molecule has 90 valence electrons. The molecule has 1 N–H and O–H groups in total. The Labute approximate surface area is 93.8 Å². The third-order valence-corrected chi connectivity index (χ3v) is 3.02. The standard InChI is InChI=1S/C9H14N2O4S/c1-6(2)11-8(16(3,14)15)4-7(10-11)5-9(12)13/h4,6H,5H2,1-3H3,(H,12,13). The minimum absolute atomic E-state index is 0.0544. The summed E-state index contributed by atoms with van der Waals surface area (Å²) in [6.07, 6.45) is 0.801. The average Bonchev–Trinajstić information content (AvgIpc) is 2.45. The van der Waals surface area contributed by atoms with Crippen LogP contribution in [0.1, 0.15) is 25.6 Å². The lowest BCUT2D eigenvalue weighted by molar-refractivity contribution is -0.136. The van der Waals surface area contributed by atoms with E-state index in [1.807, 2.05) is 0 Å². The molecule has 1 aromatic rings. The molecule has 7 heteroatoms. The Hall–Kier alpha value is -1.37. The van der Waals surface area contributed by atoms with Gasteiger partial charge < -0.3 is 5.11 Å². The van der Waals surface area contributed by atoms with E-state index in [-0.39, 0.29) is 23.2 Å². The van der Waals surface area contributed by atoms with Crippen molar-refractivity contribution in [2.75, 3.05) is 6.26 Å². The first kappa shape index (κ1) is 12.7. The molecule has 0 unspecified atom stereocenters. The smallest absolute Gasteiger partial charge is 0.309 e. The summed E-state index contributed by atoms with van der Waals surface area (Å²) in [7, 11) is -3.39. The van der Waals surface area contributed by atoms with Gasteiger partial charge >= 0.3 is 5.97 Å². The minimum atomic E-state index is -3.39. The molecule has 0 aromatic carbocycles. The summed E-state index contributed by atoms with van der Waals surface area (Å²) >= 11 is 0. The quantitative estimate of drug-likeness (QED) is 0.835. The average molecular weight is 246 g/mol. The highest BCUT2D eigenvalue weighted by Crippen LogP contribution is 2.16. The first-order valence-electron chi connectivity index (χ1n) is 4.72. The molecule has 0 saturated carbocycles. The zero-order chi connectivity index (χ0) is 12.5. The van der Waals surface area contributed by atoms with Crippen LogP contribution in [0.3, 0.4) is 0 Å². The molecule has 1 rings (SSSR count). The van der Waals surface area contributed by atoms with Crippen molar-refractivity contribution in [2.24, 2.45) is 0 Å². The summed E-state index contributed by atoms with van der Waals surface area (Å²) in [5.74, 6) is -1.03. The Kier molecular flexibility index (Phi) is 3.37. The van der Waals surface area contributed by atoms with E-state index in [4.69, 9.17) is 5.11 Å². The molecular weight excluding hydrogens is 232 g/mol. The van der Waals surface area contributed by atoms with Gasteiger partial charge in [0.1, 0.15) is 0 Å². The van der Waals surface area contributed by atoms with E-state index >= 15 is 0 Å². The highest BCUT2D eigenvalue weighted by Gasteiger charge is 2.19. The molecule has 0 atom stereocenters. The minimum Gasteiger partial charge on any atom is -0.481 e. The molecular formula is C9H14N2O4S. The van der Waals surface area contributed by atoms with Gasteiger partial charge in [-0.2, -0.15) is 5.10 Å². The summed E-state index contributed by atoms with van der Waals surface area (Å²) in [6.45, 7) is 3.57. The highest BCUT2D eigenvalue weighted by atomic mass is 32.2. The normalized spacial score (nSPS) is 12.0. The summed E-state index contributed by atoms with van der Waals surface area (Å²) in [5, 5.41) is 12.6. The number of rotatable bonds is 4. The Balaban J connectivity index is 3.26. The number of hydrogen-bond acceptors (Lipinski definition) is 4. The number of hydrogen-bond donors (Lipinski definition) is 1. The maximum Gasteiger partial charge on any atom is 0.309 e. The van der Waals surface area contributed by atoms with Crippen LogP contribution in [0.2, 0.25) is 0 Å². The summed E-state index contributed by atoms with van der Waals surface area (Å²) in [4.78, 5) is 10.5. The first-order valence-corrected chi connectivity index (χ1v) is 6.61. The van der Waals surface area contributed by atoms with Crippen LogP contribution in [0.5, 0.6) is 0 Å². The van der Waals surface area contributed by atoms with Gasteiger partial charge in [0, 0.05) is 12.3 Å². The van der Waals surface area contributed by atoms with Crippen molar-refractivity contribution in [3.05, 3.63) is 11.8 Å². The maximum absolute atomic E-state index is 11.4. The Morgan fingerprint density at radius 3 is 2.44 bits per heavy atom. The van der Waals surface area contributed by atoms with Gasteiger partial charge in [-0.25, -0.2) is 8.42 Å². The van der Waals surface area contributed by atoms with Gasteiger partial charge in [0.15, 0.2) is 14.9 Å². The van der Waals surface area contributed by atoms with Crippen molar-refractivity contribution in [3.63, 3.8) is 0 Å². The van der Waals surface area contributed by atoms with Crippen LogP contribution in [0.4, 0.5) is 0 Å². The third kappa shape index (κ3) is 2.82. The molecule has 16 heavy (non-hydrogen) atoms. The first-order chi connectivity index (χ1) is 7.21. The van der Waals surface area contributed by atoms with Crippen LogP contribution in [-0.2, 0) is 21.1 Å². The molecule has 0 aliphatic heterocycles. The molecule has 6 nitrogen and oxygen atoms in total. The second kappa shape index (κ2) is 4.25. The summed E-state index contributed by atoms with van der Waals surface area (Å²) < 4.78 is 24.2. The molecule has 0 amide bonds. The van der Waals surface area contributed by atoms with Gasteiger partial charge in [0.25, 0.3) is 0 Å². The number of carboxylic acids is 1. The maximum atomic E-state index is 11.4. The topological polar surface area (TPSA) is 89.3 Å². The third-order valence-electron chi connectivity index (χ3n) is 1.95. The van der Waals surface area contributed by atoms with Gasteiger partial charge in [-0.1, -0.05) is 0 Å². The Bertz CT molecular complexity index is 502. The lowest BCUT2D eigenvalue weighted by Gasteiger charge is -2.08. The molecule has 0 bridgehead atoms. The molecule has 0 aliphatic carbocycles. The number of carbonyl (C=O) groups is 1. The number of sulfone groups is 1. The molecule has 0 saturated heterocycles. The fourth-order valence-electron chi connectivity index (χ4n) is 1.31. The van der Waals surface area contributed by atoms with Crippen molar-refractivity contribution >= 4 is 15.8 Å². The van der Waals surface area contributed by atoms with Crippen LogP contribution < -0.4 is 0 Å². The number of carboxylic acid groups (broad SMARTS) is 1. The van der Waals surface area contributed by atoms with Crippen molar-refractivity contribution in [3.8, 4) is 0 Å². The summed E-state index contributed by atoms with van der Waals surface area (Å²) in [6, 6.07) is 1.18. The van der Waals surface area contributed by atoms with Gasteiger partial charge in [0.05, 0.1) is 12.1 Å². The van der Waals surface area contributed by atoms with E-state index < -0.39 is 15.8 Å². The number of nitrogens with zero attached hydrogens (tertiary/aromatic N) is 2. The lowest BCUT2D eigenvalue weighted by atomic mass is 10.3. The van der Waals surface area contributed by atoms with Crippen LogP contribution in [0.15, 0.2) is 11.1 Å². The van der Waals surface area contributed by atoms with Gasteiger partial charge in [-0.05, 0) is 19.9 Å². The number of aliphatic carboxylic acids is 1. The van der Waals surface area contributed by atoms with Crippen LogP contribution in [0, 0.1) is 0 Å². The van der Waals surface area contributed by atoms with Gasteiger partial charge in [0.2, 0.25) is 0 Å². The van der Waals surface area contributed by atoms with E-state index in [9.17, 15) is 13.2 Å². The zero-order valence-corrected chi connectivity index (χ0v) is 10.2. The Morgan fingerprint density at radius 2 is 2.12 bits per heavy atom. The highest BCUT2D eigenvalue weighted by molar-refractivity contribution is 7.90. The zero-order valence-electron chi connectivity index (χ0n) is 9.34. The Morgan fingerprint density at radius 1 is 1.56 bits per heavy atom. The van der Waals surface area contributed by atoms with E-state index in [2.05, 4.69) is 5.10 Å². The molecule has 0 aliphatic rings. The van der Waals surface area contributed by atoms with E-state index in [1.165, 1.54) is 10.7 Å². The van der Waals surface area contributed by atoms with E-state index in [0.29, 0.717) is 0 Å². The second-order valence-corrected chi connectivity index (χ2v) is 5.82. The second-order valence-electron chi connectivity index (χ2n) is 3.85. The van der Waals surface area contributed by atoms with Crippen LogP contribution >= 0.6 is 0 Å². The van der Waals surface area contributed by atoms with Gasteiger partial charge in [-0.3, -0.25) is 9.48 Å². The predicted octanol–water partition coefficient (Wildman–Crippen LogP) is 0.495. The van der Waals surface area contributed by atoms with Crippen molar-refractivity contribution in [1.29, 1.82) is 0 Å². The van der Waals surface area contributed by atoms with E-state index in [0.717, 1.165) is 6.26 Å². The molecule has 1 heterocycles. The predicted molar refractivity (Wildman–Crippen MR) is 57.1 cm³/mol. The van der Waals surface area contributed by atoms with Crippen LogP contribution in [0.25, 0.3) is 0 Å². The monoisotopic (exact) mass is 246 g/mol. The number of aromatic nitrogens is 2. The molecule has 0 radical (unpaired) electrons. The SMILES string of the molecule is CC(C)n1nc(CC(=O)O)cc1S(C)(=O)=O. The molecule has 1 aromatic heterocycles. The van der Waals surface area contributed by atoms with Crippen molar-refractivity contribution in [1.82, 2.24) is 9.78 Å². The fourth-order valence-corrected chi connectivity index (χ4v) is 2.25.